The Morgan fingerprint density at radius 1 is 1.48 bits per heavy atom. The van der Waals surface area contributed by atoms with Gasteiger partial charge in [-0.25, -0.2) is 13.1 Å². The van der Waals surface area contributed by atoms with Gasteiger partial charge < -0.3 is 5.11 Å². The van der Waals surface area contributed by atoms with Gasteiger partial charge in [0.05, 0.1) is 9.82 Å². The highest BCUT2D eigenvalue weighted by Gasteiger charge is 2.23. The molecular formula is C12H17ClN2O5S. The Morgan fingerprint density at radius 2 is 2.10 bits per heavy atom. The lowest BCUT2D eigenvalue weighted by Gasteiger charge is -2.13. The number of aliphatic hydroxyl groups is 1. The van der Waals surface area contributed by atoms with Crippen LogP contribution in [0.25, 0.3) is 0 Å². The average molecular weight is 337 g/mol. The number of benzene rings is 1. The molecule has 0 heterocycles. The molecule has 0 aromatic heterocycles. The molecule has 1 aromatic rings. The highest BCUT2D eigenvalue weighted by Crippen LogP contribution is 2.30. The second-order valence-electron chi connectivity index (χ2n) is 4.80. The van der Waals surface area contributed by atoms with Gasteiger partial charge in [0.1, 0.15) is 5.02 Å². The largest absolute Gasteiger partial charge is 0.396 e. The Labute approximate surface area is 128 Å². The van der Waals surface area contributed by atoms with E-state index in [9.17, 15) is 18.5 Å². The number of hydrogen-bond donors (Lipinski definition) is 2. The van der Waals surface area contributed by atoms with Gasteiger partial charge >= 0.3 is 0 Å². The molecule has 0 aliphatic rings. The molecule has 0 radical (unpaired) electrons. The molecule has 0 saturated carbocycles. The number of rotatable bonds is 7. The molecule has 2 N–H and O–H groups in total. The van der Waals surface area contributed by atoms with Crippen molar-refractivity contribution >= 4 is 27.3 Å². The maximum absolute atomic E-state index is 12.2. The molecule has 1 rings (SSSR count). The zero-order valence-corrected chi connectivity index (χ0v) is 13.2. The van der Waals surface area contributed by atoms with E-state index in [1.807, 2.05) is 0 Å². The summed E-state index contributed by atoms with van der Waals surface area (Å²) in [6, 6.07) is 2.21. The fourth-order valence-corrected chi connectivity index (χ4v) is 3.42. The van der Waals surface area contributed by atoms with Gasteiger partial charge in [-0.3, -0.25) is 10.1 Å². The van der Waals surface area contributed by atoms with Crippen LogP contribution in [0.2, 0.25) is 5.02 Å². The summed E-state index contributed by atoms with van der Waals surface area (Å²) in [5, 5.41) is 19.5. The van der Waals surface area contributed by atoms with E-state index in [2.05, 4.69) is 4.72 Å². The van der Waals surface area contributed by atoms with Crippen LogP contribution in [0.1, 0.15) is 18.9 Å². The molecule has 0 saturated heterocycles. The Hall–Kier alpha value is -1.22. The predicted molar refractivity (Wildman–Crippen MR) is 78.9 cm³/mol. The minimum atomic E-state index is -3.87. The van der Waals surface area contributed by atoms with Gasteiger partial charge in [-0.1, -0.05) is 18.5 Å². The molecule has 0 bridgehead atoms. The van der Waals surface area contributed by atoms with Crippen LogP contribution in [0, 0.1) is 23.0 Å². The molecule has 0 amide bonds. The van der Waals surface area contributed by atoms with Crippen molar-refractivity contribution in [2.24, 2.45) is 5.92 Å². The lowest BCUT2D eigenvalue weighted by atomic mass is 10.1. The fourth-order valence-electron chi connectivity index (χ4n) is 1.72. The average Bonchev–Trinajstić information content (AvgIpc) is 2.36. The molecule has 0 fully saturated rings. The summed E-state index contributed by atoms with van der Waals surface area (Å²) >= 11 is 5.73. The smallest absolute Gasteiger partial charge is 0.289 e. The monoisotopic (exact) mass is 336 g/mol. The molecule has 9 heteroatoms. The minimum absolute atomic E-state index is 0.0334. The maximum atomic E-state index is 12.2. The number of aliphatic hydroxyl groups excluding tert-OH is 1. The molecule has 1 unspecified atom stereocenters. The zero-order chi connectivity index (χ0) is 16.2. The van der Waals surface area contributed by atoms with Crippen LogP contribution < -0.4 is 4.72 Å². The summed E-state index contributed by atoms with van der Waals surface area (Å²) in [6.07, 6.45) is 0.461. The Bertz CT molecular complexity index is 633. The summed E-state index contributed by atoms with van der Waals surface area (Å²) in [4.78, 5) is 9.94. The summed E-state index contributed by atoms with van der Waals surface area (Å²) in [7, 11) is -3.87. The lowest BCUT2D eigenvalue weighted by molar-refractivity contribution is -0.384. The molecule has 1 atom stereocenters. The van der Waals surface area contributed by atoms with Gasteiger partial charge in [0.15, 0.2) is 0 Å². The molecule has 0 aliphatic heterocycles. The van der Waals surface area contributed by atoms with E-state index in [-0.39, 0.29) is 29.0 Å². The first-order valence-corrected chi connectivity index (χ1v) is 8.10. The number of aryl methyl sites for hydroxylation is 1. The topological polar surface area (TPSA) is 110 Å². The molecule has 1 aromatic carbocycles. The standard InChI is InChI=1S/C12H17ClN2O5S/c1-8(3-4-16)7-14-21(19,20)12-6-11(15(17)18)10(13)5-9(12)2/h5-6,8,14,16H,3-4,7H2,1-2H3. The number of nitrogens with zero attached hydrogens (tertiary/aromatic N) is 1. The summed E-state index contributed by atoms with van der Waals surface area (Å²) in [6.45, 7) is 3.41. The fraction of sp³-hybridized carbons (Fsp3) is 0.500. The van der Waals surface area contributed by atoms with Crippen LogP contribution in [0.5, 0.6) is 0 Å². The van der Waals surface area contributed by atoms with Crippen molar-refractivity contribution in [3.63, 3.8) is 0 Å². The second kappa shape index (κ2) is 7.17. The molecule has 0 aliphatic carbocycles. The van der Waals surface area contributed by atoms with Crippen LogP contribution in [0.4, 0.5) is 5.69 Å². The lowest BCUT2D eigenvalue weighted by Crippen LogP contribution is -2.29. The number of nitro benzene ring substituents is 1. The van der Waals surface area contributed by atoms with Crippen LogP contribution in [-0.4, -0.2) is 31.6 Å². The van der Waals surface area contributed by atoms with E-state index in [1.165, 1.54) is 13.0 Å². The number of nitro groups is 1. The third-order valence-electron chi connectivity index (χ3n) is 2.97. The van der Waals surface area contributed by atoms with Crippen molar-refractivity contribution < 1.29 is 18.4 Å². The summed E-state index contributed by atoms with van der Waals surface area (Å²) < 4.78 is 26.8. The molecular weight excluding hydrogens is 320 g/mol. The van der Waals surface area contributed by atoms with Gasteiger partial charge in [-0.2, -0.15) is 0 Å². The zero-order valence-electron chi connectivity index (χ0n) is 11.7. The third-order valence-corrected chi connectivity index (χ3v) is 4.84. The van der Waals surface area contributed by atoms with Crippen molar-refractivity contribution in [3.05, 3.63) is 32.8 Å². The first-order chi connectivity index (χ1) is 9.69. The van der Waals surface area contributed by atoms with Crippen LogP contribution in [0.15, 0.2) is 17.0 Å². The number of sulfonamides is 1. The van der Waals surface area contributed by atoms with E-state index in [1.54, 1.807) is 6.92 Å². The van der Waals surface area contributed by atoms with Crippen LogP contribution in [0.3, 0.4) is 0 Å². The SMILES string of the molecule is Cc1cc(Cl)c([N+](=O)[O-])cc1S(=O)(=O)NCC(C)CCO. The quantitative estimate of drug-likeness (QED) is 0.583. The van der Waals surface area contributed by atoms with Gasteiger partial charge in [0, 0.05) is 19.2 Å². The van der Waals surface area contributed by atoms with Crippen molar-refractivity contribution in [2.75, 3.05) is 13.2 Å². The summed E-state index contributed by atoms with van der Waals surface area (Å²) in [5.41, 5.74) is -0.126. The van der Waals surface area contributed by atoms with Gasteiger partial charge in [-0.05, 0) is 30.9 Å². The Kier molecular flexibility index (Phi) is 6.09. The van der Waals surface area contributed by atoms with Gasteiger partial charge in [-0.15, -0.1) is 0 Å². The highest BCUT2D eigenvalue weighted by atomic mass is 35.5. The van der Waals surface area contributed by atoms with Gasteiger partial charge in [0.2, 0.25) is 10.0 Å². The predicted octanol–water partition coefficient (Wildman–Crippen LogP) is 1.85. The Morgan fingerprint density at radius 3 is 2.62 bits per heavy atom. The van der Waals surface area contributed by atoms with E-state index >= 15 is 0 Å². The van der Waals surface area contributed by atoms with E-state index in [0.717, 1.165) is 6.07 Å². The maximum Gasteiger partial charge on any atom is 0.289 e. The van der Waals surface area contributed by atoms with E-state index in [0.29, 0.717) is 12.0 Å². The molecule has 21 heavy (non-hydrogen) atoms. The Balaban J connectivity index is 3.08. The number of hydrogen-bond acceptors (Lipinski definition) is 5. The van der Waals surface area contributed by atoms with Crippen LogP contribution in [-0.2, 0) is 10.0 Å². The first-order valence-electron chi connectivity index (χ1n) is 6.24. The molecule has 0 spiro atoms. The molecule has 7 nitrogen and oxygen atoms in total. The summed E-state index contributed by atoms with van der Waals surface area (Å²) in [5.74, 6) is -0.0487. The number of halogens is 1. The highest BCUT2D eigenvalue weighted by molar-refractivity contribution is 7.89. The van der Waals surface area contributed by atoms with Crippen molar-refractivity contribution in [3.8, 4) is 0 Å². The van der Waals surface area contributed by atoms with Crippen molar-refractivity contribution in [1.29, 1.82) is 0 Å². The second-order valence-corrected chi connectivity index (χ2v) is 6.94. The normalized spacial score (nSPS) is 13.1. The van der Waals surface area contributed by atoms with Crippen LogP contribution >= 0.6 is 11.6 Å². The number of nitrogens with one attached hydrogen (secondary N) is 1. The van der Waals surface area contributed by atoms with Gasteiger partial charge in [0.25, 0.3) is 5.69 Å². The van der Waals surface area contributed by atoms with Crippen molar-refractivity contribution in [2.45, 2.75) is 25.2 Å². The first kappa shape index (κ1) is 17.8. The van der Waals surface area contributed by atoms with E-state index < -0.39 is 20.6 Å². The van der Waals surface area contributed by atoms with Crippen molar-refractivity contribution in [1.82, 2.24) is 4.72 Å². The minimum Gasteiger partial charge on any atom is -0.396 e. The molecule has 118 valence electrons. The van der Waals surface area contributed by atoms with E-state index in [4.69, 9.17) is 16.7 Å². The third kappa shape index (κ3) is 4.63.